The standard InChI is InChI=1S/C7H5NO2/c9-7-8-4-1-2-6(8)3-5-10-7/h1-5H. The van der Waals surface area contributed by atoms with Crippen LogP contribution < -0.4 is 5.76 Å². The van der Waals surface area contributed by atoms with E-state index in [1.807, 2.05) is 6.07 Å². The minimum atomic E-state index is -0.345. The SMILES string of the molecule is O=c1occc2cccn12. The lowest BCUT2D eigenvalue weighted by Gasteiger charge is -1.87. The molecule has 0 unspecified atom stereocenters. The van der Waals surface area contributed by atoms with Gasteiger partial charge in [-0.3, -0.25) is 4.40 Å². The molecule has 10 heavy (non-hydrogen) atoms. The summed E-state index contributed by atoms with van der Waals surface area (Å²) >= 11 is 0. The highest BCUT2D eigenvalue weighted by Crippen LogP contribution is 1.97. The Morgan fingerprint density at radius 1 is 1.40 bits per heavy atom. The molecule has 3 nitrogen and oxygen atoms in total. The van der Waals surface area contributed by atoms with Gasteiger partial charge in [0.15, 0.2) is 0 Å². The second kappa shape index (κ2) is 1.73. The van der Waals surface area contributed by atoms with Crippen molar-refractivity contribution in [1.29, 1.82) is 0 Å². The van der Waals surface area contributed by atoms with Gasteiger partial charge >= 0.3 is 5.76 Å². The summed E-state index contributed by atoms with van der Waals surface area (Å²) in [5, 5.41) is 0. The van der Waals surface area contributed by atoms with E-state index in [2.05, 4.69) is 4.42 Å². The normalized spacial score (nSPS) is 10.4. The van der Waals surface area contributed by atoms with Crippen LogP contribution in [0.3, 0.4) is 0 Å². The molecule has 0 spiro atoms. The molecule has 0 amide bonds. The zero-order valence-electron chi connectivity index (χ0n) is 5.15. The molecule has 0 aliphatic heterocycles. The highest BCUT2D eigenvalue weighted by atomic mass is 16.4. The van der Waals surface area contributed by atoms with Crippen LogP contribution in [0.2, 0.25) is 0 Å². The third-order valence-electron chi connectivity index (χ3n) is 1.38. The van der Waals surface area contributed by atoms with Crippen molar-refractivity contribution in [2.45, 2.75) is 0 Å². The first-order chi connectivity index (χ1) is 4.88. The monoisotopic (exact) mass is 135 g/mol. The van der Waals surface area contributed by atoms with E-state index in [-0.39, 0.29) is 5.76 Å². The molecule has 50 valence electrons. The number of hydrogen-bond acceptors (Lipinski definition) is 2. The van der Waals surface area contributed by atoms with Gasteiger partial charge in [0.1, 0.15) is 0 Å². The smallest absolute Gasteiger partial charge is 0.418 e. The van der Waals surface area contributed by atoms with E-state index in [0.29, 0.717) is 0 Å². The van der Waals surface area contributed by atoms with Crippen molar-refractivity contribution >= 4 is 5.52 Å². The Kier molecular flexibility index (Phi) is 0.917. The number of rotatable bonds is 0. The summed E-state index contributed by atoms with van der Waals surface area (Å²) in [5.41, 5.74) is 0.858. The topological polar surface area (TPSA) is 34.6 Å². The highest BCUT2D eigenvalue weighted by molar-refractivity contribution is 5.44. The highest BCUT2D eigenvalue weighted by Gasteiger charge is 1.93. The van der Waals surface area contributed by atoms with Gasteiger partial charge in [0.05, 0.1) is 11.8 Å². The van der Waals surface area contributed by atoms with Crippen molar-refractivity contribution in [1.82, 2.24) is 4.40 Å². The maximum atomic E-state index is 10.8. The third-order valence-corrected chi connectivity index (χ3v) is 1.38. The molecule has 0 aromatic carbocycles. The Bertz CT molecular complexity index is 399. The molecule has 2 aromatic rings. The first kappa shape index (κ1) is 5.29. The van der Waals surface area contributed by atoms with Crippen LogP contribution in [0.1, 0.15) is 0 Å². The lowest BCUT2D eigenvalue weighted by atomic mass is 10.5. The van der Waals surface area contributed by atoms with Crippen molar-refractivity contribution < 1.29 is 4.42 Å². The first-order valence-electron chi connectivity index (χ1n) is 2.93. The second-order valence-electron chi connectivity index (χ2n) is 1.99. The fourth-order valence-corrected chi connectivity index (χ4v) is 0.915. The molecule has 0 radical (unpaired) electrons. The fourth-order valence-electron chi connectivity index (χ4n) is 0.915. The average molecular weight is 135 g/mol. The van der Waals surface area contributed by atoms with Gasteiger partial charge in [-0.25, -0.2) is 4.79 Å². The molecule has 2 aromatic heterocycles. The van der Waals surface area contributed by atoms with Gasteiger partial charge in [-0.2, -0.15) is 0 Å². The molecule has 2 heterocycles. The van der Waals surface area contributed by atoms with Gasteiger partial charge in [-0.15, -0.1) is 0 Å². The fraction of sp³-hybridized carbons (Fsp3) is 0. The Morgan fingerprint density at radius 3 is 3.10 bits per heavy atom. The van der Waals surface area contributed by atoms with E-state index in [4.69, 9.17) is 0 Å². The lowest BCUT2D eigenvalue weighted by molar-refractivity contribution is 0.476. The van der Waals surface area contributed by atoms with Crippen molar-refractivity contribution in [3.05, 3.63) is 41.2 Å². The van der Waals surface area contributed by atoms with Crippen molar-refractivity contribution in [2.24, 2.45) is 0 Å². The predicted molar refractivity (Wildman–Crippen MR) is 35.9 cm³/mol. The molecular weight excluding hydrogens is 130 g/mol. The molecule has 2 rings (SSSR count). The zero-order chi connectivity index (χ0) is 6.97. The Hall–Kier alpha value is -1.51. The van der Waals surface area contributed by atoms with Crippen LogP contribution in [0.4, 0.5) is 0 Å². The summed E-state index contributed by atoms with van der Waals surface area (Å²) in [6.45, 7) is 0. The number of aromatic nitrogens is 1. The number of fused-ring (bicyclic) bond motifs is 1. The number of nitrogens with zero attached hydrogens (tertiary/aromatic N) is 1. The second-order valence-corrected chi connectivity index (χ2v) is 1.99. The lowest BCUT2D eigenvalue weighted by Crippen LogP contribution is -2.07. The minimum Gasteiger partial charge on any atom is -0.418 e. The van der Waals surface area contributed by atoms with Crippen molar-refractivity contribution in [3.63, 3.8) is 0 Å². The predicted octanol–water partition coefficient (Wildman–Crippen LogP) is 0.892. The van der Waals surface area contributed by atoms with E-state index in [1.165, 1.54) is 10.7 Å². The molecule has 0 aliphatic rings. The Labute approximate surface area is 56.5 Å². The van der Waals surface area contributed by atoms with Crippen LogP contribution in [-0.4, -0.2) is 4.40 Å². The first-order valence-corrected chi connectivity index (χ1v) is 2.93. The summed E-state index contributed by atoms with van der Waals surface area (Å²) in [5.74, 6) is -0.345. The van der Waals surface area contributed by atoms with E-state index in [0.717, 1.165) is 5.52 Å². The van der Waals surface area contributed by atoms with Crippen LogP contribution in [-0.2, 0) is 0 Å². The van der Waals surface area contributed by atoms with Gasteiger partial charge in [0.25, 0.3) is 0 Å². The van der Waals surface area contributed by atoms with E-state index in [1.54, 1.807) is 18.3 Å². The van der Waals surface area contributed by atoms with Gasteiger partial charge in [-0.05, 0) is 18.2 Å². The van der Waals surface area contributed by atoms with E-state index >= 15 is 0 Å². The summed E-state index contributed by atoms with van der Waals surface area (Å²) in [6.07, 6.45) is 3.05. The Morgan fingerprint density at radius 2 is 2.30 bits per heavy atom. The van der Waals surface area contributed by atoms with Crippen molar-refractivity contribution in [2.75, 3.05) is 0 Å². The van der Waals surface area contributed by atoms with Crippen LogP contribution >= 0.6 is 0 Å². The summed E-state index contributed by atoms with van der Waals surface area (Å²) in [7, 11) is 0. The Balaban J connectivity index is 3.09. The van der Waals surface area contributed by atoms with Crippen LogP contribution in [0.15, 0.2) is 39.9 Å². The molecule has 0 fully saturated rings. The molecule has 0 saturated heterocycles. The van der Waals surface area contributed by atoms with E-state index in [9.17, 15) is 4.79 Å². The van der Waals surface area contributed by atoms with Gasteiger partial charge in [0, 0.05) is 6.20 Å². The molecular formula is C7H5NO2. The van der Waals surface area contributed by atoms with Crippen LogP contribution in [0, 0.1) is 0 Å². The molecule has 0 saturated carbocycles. The van der Waals surface area contributed by atoms with E-state index < -0.39 is 0 Å². The summed E-state index contributed by atoms with van der Waals surface area (Å²) < 4.78 is 6.05. The van der Waals surface area contributed by atoms with Crippen LogP contribution in [0.5, 0.6) is 0 Å². The quantitative estimate of drug-likeness (QED) is 0.537. The molecule has 0 aliphatic carbocycles. The van der Waals surface area contributed by atoms with Gasteiger partial charge in [-0.1, -0.05) is 0 Å². The maximum absolute atomic E-state index is 10.8. The maximum Gasteiger partial charge on any atom is 0.423 e. The molecule has 3 heteroatoms. The molecule has 0 atom stereocenters. The van der Waals surface area contributed by atoms with Gasteiger partial charge in [0.2, 0.25) is 0 Å². The van der Waals surface area contributed by atoms with Gasteiger partial charge < -0.3 is 4.42 Å². The van der Waals surface area contributed by atoms with Crippen molar-refractivity contribution in [3.8, 4) is 0 Å². The average Bonchev–Trinajstić information content (AvgIpc) is 2.36. The zero-order valence-corrected chi connectivity index (χ0v) is 5.15. The minimum absolute atomic E-state index is 0.345. The molecule has 0 bridgehead atoms. The summed E-state index contributed by atoms with van der Waals surface area (Å²) in [4.78, 5) is 10.8. The summed E-state index contributed by atoms with van der Waals surface area (Å²) in [6, 6.07) is 5.38. The molecule has 0 N–H and O–H groups in total. The third kappa shape index (κ3) is 0.572. The largest absolute Gasteiger partial charge is 0.423 e. The van der Waals surface area contributed by atoms with Crippen LogP contribution in [0.25, 0.3) is 5.52 Å². The number of hydrogen-bond donors (Lipinski definition) is 0.